The maximum Gasteiger partial charge on any atom is 0.123 e. The smallest absolute Gasteiger partial charge is 0.123 e. The van der Waals surface area contributed by atoms with Crippen molar-refractivity contribution in [2.75, 3.05) is 28.4 Å². The van der Waals surface area contributed by atoms with Gasteiger partial charge in [0.25, 0.3) is 0 Å². The number of hydrogen-bond acceptors (Lipinski definition) is 5. The summed E-state index contributed by atoms with van der Waals surface area (Å²) < 4.78 is 21.3. The summed E-state index contributed by atoms with van der Waals surface area (Å²) in [4.78, 5) is 4.81. The van der Waals surface area contributed by atoms with Crippen molar-refractivity contribution in [3.63, 3.8) is 0 Å². The Morgan fingerprint density at radius 1 is 0.720 bits per heavy atom. The monoisotopic (exact) mass is 343 g/mol. The summed E-state index contributed by atoms with van der Waals surface area (Å²) in [6.07, 6.45) is 0. The molecular formula is C20H25NO4. The number of methoxy groups -OCH3 is 4. The van der Waals surface area contributed by atoms with E-state index in [1.165, 1.54) is 0 Å². The minimum atomic E-state index is -0.0544. The van der Waals surface area contributed by atoms with Crippen molar-refractivity contribution in [2.24, 2.45) is 4.99 Å². The molecule has 134 valence electrons. The van der Waals surface area contributed by atoms with Gasteiger partial charge >= 0.3 is 0 Å². The predicted molar refractivity (Wildman–Crippen MR) is 99.7 cm³/mol. The van der Waals surface area contributed by atoms with Gasteiger partial charge in [-0.25, -0.2) is 0 Å². The maximum absolute atomic E-state index is 5.34. The molecule has 5 heteroatoms. The van der Waals surface area contributed by atoms with Gasteiger partial charge < -0.3 is 18.9 Å². The lowest BCUT2D eigenvalue weighted by Crippen LogP contribution is -2.01. The van der Waals surface area contributed by atoms with Gasteiger partial charge in [0.15, 0.2) is 0 Å². The lowest BCUT2D eigenvalue weighted by molar-refractivity contribution is 0.393. The predicted octanol–water partition coefficient (Wildman–Crippen LogP) is 4.29. The quantitative estimate of drug-likeness (QED) is 0.704. The molecule has 0 aliphatic carbocycles. The summed E-state index contributed by atoms with van der Waals surface area (Å²) in [5, 5.41) is 0. The molecule has 2 aromatic rings. The molecule has 0 spiro atoms. The molecule has 2 aromatic carbocycles. The van der Waals surface area contributed by atoms with Gasteiger partial charge in [0.2, 0.25) is 0 Å². The third-order valence-electron chi connectivity index (χ3n) is 4.01. The van der Waals surface area contributed by atoms with Gasteiger partial charge in [-0.3, -0.25) is 4.99 Å². The molecule has 25 heavy (non-hydrogen) atoms. The van der Waals surface area contributed by atoms with Crippen LogP contribution < -0.4 is 18.9 Å². The molecule has 0 heterocycles. The van der Waals surface area contributed by atoms with Crippen molar-refractivity contribution in [1.82, 2.24) is 0 Å². The van der Waals surface area contributed by atoms with E-state index in [9.17, 15) is 0 Å². The summed E-state index contributed by atoms with van der Waals surface area (Å²) >= 11 is 0. The Bertz CT molecular complexity index is 711. The van der Waals surface area contributed by atoms with E-state index in [4.69, 9.17) is 23.9 Å². The highest BCUT2D eigenvalue weighted by atomic mass is 16.5. The van der Waals surface area contributed by atoms with Crippen LogP contribution in [0.2, 0.25) is 0 Å². The Labute approximate surface area is 149 Å². The summed E-state index contributed by atoms with van der Waals surface area (Å²) in [6, 6.07) is 11.5. The second kappa shape index (κ2) is 8.42. The second-order valence-corrected chi connectivity index (χ2v) is 5.64. The third-order valence-corrected chi connectivity index (χ3v) is 4.01. The van der Waals surface area contributed by atoms with Crippen LogP contribution >= 0.6 is 0 Å². The maximum atomic E-state index is 5.34. The molecular weight excluding hydrogens is 318 g/mol. The first-order valence-electron chi connectivity index (χ1n) is 8.01. The van der Waals surface area contributed by atoms with E-state index in [0.29, 0.717) is 0 Å². The van der Waals surface area contributed by atoms with Gasteiger partial charge in [-0.15, -0.1) is 0 Å². The van der Waals surface area contributed by atoms with E-state index in [1.807, 2.05) is 50.2 Å². The number of hydrogen-bond donors (Lipinski definition) is 0. The first kappa shape index (κ1) is 18.6. The zero-order valence-corrected chi connectivity index (χ0v) is 15.6. The third kappa shape index (κ3) is 4.66. The molecule has 0 aliphatic heterocycles. The summed E-state index contributed by atoms with van der Waals surface area (Å²) in [5.74, 6) is 2.97. The number of aliphatic imine (C=N–C) groups is 1. The van der Waals surface area contributed by atoms with Crippen LogP contribution in [0.4, 0.5) is 0 Å². The molecule has 0 bridgehead atoms. The molecule has 0 saturated heterocycles. The fourth-order valence-electron chi connectivity index (χ4n) is 2.53. The number of ether oxygens (including phenoxy) is 4. The minimum absolute atomic E-state index is 0.0544. The molecule has 1 atom stereocenters. The van der Waals surface area contributed by atoms with Gasteiger partial charge in [0, 0.05) is 23.4 Å². The molecule has 0 amide bonds. The normalized spacial score (nSPS) is 12.5. The molecule has 0 radical (unpaired) electrons. The van der Waals surface area contributed by atoms with Gasteiger partial charge in [0.05, 0.1) is 34.5 Å². The number of rotatable bonds is 7. The molecule has 0 N–H and O–H groups in total. The lowest BCUT2D eigenvalue weighted by atomic mass is 10.1. The van der Waals surface area contributed by atoms with E-state index < -0.39 is 0 Å². The average Bonchev–Trinajstić information content (AvgIpc) is 2.66. The Kier molecular flexibility index (Phi) is 6.28. The Morgan fingerprint density at radius 2 is 1.12 bits per heavy atom. The fraction of sp³-hybridized carbons (Fsp3) is 0.350. The molecule has 1 unspecified atom stereocenters. The Hall–Kier alpha value is -2.69. The van der Waals surface area contributed by atoms with Gasteiger partial charge in [-0.2, -0.15) is 0 Å². The van der Waals surface area contributed by atoms with Crippen LogP contribution in [-0.4, -0.2) is 34.2 Å². The Balaban J connectivity index is 2.36. The van der Waals surface area contributed by atoms with E-state index in [2.05, 4.69) is 0 Å². The highest BCUT2D eigenvalue weighted by Crippen LogP contribution is 2.29. The van der Waals surface area contributed by atoms with Crippen LogP contribution in [0.15, 0.2) is 41.4 Å². The molecule has 5 nitrogen and oxygen atoms in total. The molecule has 0 aliphatic rings. The average molecular weight is 343 g/mol. The number of benzene rings is 2. The van der Waals surface area contributed by atoms with Crippen LogP contribution in [0.3, 0.4) is 0 Å². The Morgan fingerprint density at radius 3 is 1.52 bits per heavy atom. The van der Waals surface area contributed by atoms with Crippen LogP contribution in [0, 0.1) is 0 Å². The van der Waals surface area contributed by atoms with Crippen molar-refractivity contribution in [2.45, 2.75) is 19.9 Å². The first-order chi connectivity index (χ1) is 12.0. The molecule has 0 fully saturated rings. The summed E-state index contributed by atoms with van der Waals surface area (Å²) in [7, 11) is 6.55. The molecule has 0 aromatic heterocycles. The zero-order valence-electron chi connectivity index (χ0n) is 15.6. The van der Waals surface area contributed by atoms with Crippen molar-refractivity contribution >= 4 is 5.71 Å². The van der Waals surface area contributed by atoms with Crippen molar-refractivity contribution in [1.29, 1.82) is 0 Å². The SMILES string of the molecule is COc1cc(OC)cc(C(C)=NC(C)c2cc(OC)cc(OC)c2)c1. The molecule has 2 rings (SSSR count). The van der Waals surface area contributed by atoms with Crippen molar-refractivity contribution in [3.8, 4) is 23.0 Å². The van der Waals surface area contributed by atoms with E-state index >= 15 is 0 Å². The van der Waals surface area contributed by atoms with Crippen molar-refractivity contribution in [3.05, 3.63) is 47.5 Å². The topological polar surface area (TPSA) is 49.3 Å². The largest absolute Gasteiger partial charge is 0.497 e. The number of nitrogens with zero attached hydrogens (tertiary/aromatic N) is 1. The van der Waals surface area contributed by atoms with Gasteiger partial charge in [-0.05, 0) is 43.7 Å². The lowest BCUT2D eigenvalue weighted by Gasteiger charge is -2.14. The van der Waals surface area contributed by atoms with Crippen LogP contribution in [-0.2, 0) is 0 Å². The van der Waals surface area contributed by atoms with E-state index in [1.54, 1.807) is 28.4 Å². The van der Waals surface area contributed by atoms with Crippen LogP contribution in [0.1, 0.15) is 31.0 Å². The van der Waals surface area contributed by atoms with Crippen LogP contribution in [0.25, 0.3) is 0 Å². The fourth-order valence-corrected chi connectivity index (χ4v) is 2.53. The van der Waals surface area contributed by atoms with E-state index in [-0.39, 0.29) is 6.04 Å². The van der Waals surface area contributed by atoms with Crippen LogP contribution in [0.5, 0.6) is 23.0 Å². The second-order valence-electron chi connectivity index (χ2n) is 5.64. The highest BCUT2D eigenvalue weighted by Gasteiger charge is 2.11. The highest BCUT2D eigenvalue weighted by molar-refractivity contribution is 5.99. The van der Waals surface area contributed by atoms with E-state index in [0.717, 1.165) is 39.8 Å². The van der Waals surface area contributed by atoms with Gasteiger partial charge in [-0.1, -0.05) is 0 Å². The summed E-state index contributed by atoms with van der Waals surface area (Å²) in [6.45, 7) is 4.01. The standard InChI is InChI=1S/C20H25NO4/c1-13(15-7-17(22-3)11-18(8-15)23-4)21-14(2)16-9-19(24-5)12-20(10-16)25-6/h7-13H,1-6H3. The zero-order chi connectivity index (χ0) is 18.4. The summed E-state index contributed by atoms with van der Waals surface area (Å²) in [5.41, 5.74) is 2.87. The first-order valence-corrected chi connectivity index (χ1v) is 8.01. The minimum Gasteiger partial charge on any atom is -0.497 e. The van der Waals surface area contributed by atoms with Gasteiger partial charge in [0.1, 0.15) is 23.0 Å². The molecule has 0 saturated carbocycles. The van der Waals surface area contributed by atoms with Crippen molar-refractivity contribution < 1.29 is 18.9 Å².